The van der Waals surface area contributed by atoms with E-state index in [2.05, 4.69) is 10.6 Å². The number of amides is 3. The number of nitrogens with one attached hydrogen (secondary N) is 2. The summed E-state index contributed by atoms with van der Waals surface area (Å²) in [6.07, 6.45) is 0.103. The molecule has 0 aromatic heterocycles. The van der Waals surface area contributed by atoms with Crippen molar-refractivity contribution < 1.29 is 9.59 Å². The van der Waals surface area contributed by atoms with Gasteiger partial charge in [-0.05, 0) is 19.4 Å². The molecule has 3 amide bonds. The zero-order valence-corrected chi connectivity index (χ0v) is 10.7. The van der Waals surface area contributed by atoms with Gasteiger partial charge in [0.05, 0.1) is 0 Å². The van der Waals surface area contributed by atoms with E-state index in [1.54, 1.807) is 13.8 Å². The smallest absolute Gasteiger partial charge is 0.315 e. The van der Waals surface area contributed by atoms with Gasteiger partial charge in [-0.2, -0.15) is 0 Å². The molecule has 0 aliphatic heterocycles. The Bertz CT molecular complexity index is 416. The number of benzene rings is 1. The van der Waals surface area contributed by atoms with E-state index in [0.29, 0.717) is 6.54 Å². The molecule has 0 atom stereocenters. The standard InChI is InChI=1S/C13H19N3O2/c1-13(2,8-11(14)17)16-12(18)15-9-10-6-4-3-5-7-10/h3-7H,8-9H2,1-2H3,(H2,14,17)(H2,15,16,18). The van der Waals surface area contributed by atoms with Crippen molar-refractivity contribution in [3.05, 3.63) is 35.9 Å². The summed E-state index contributed by atoms with van der Waals surface area (Å²) in [5.74, 6) is -0.441. The molecule has 0 aliphatic rings. The first-order valence-electron chi connectivity index (χ1n) is 5.77. The summed E-state index contributed by atoms with van der Waals surface area (Å²) in [4.78, 5) is 22.5. The van der Waals surface area contributed by atoms with Crippen LogP contribution in [-0.2, 0) is 11.3 Å². The van der Waals surface area contributed by atoms with Crippen LogP contribution in [0.1, 0.15) is 25.8 Å². The predicted molar refractivity (Wildman–Crippen MR) is 69.7 cm³/mol. The van der Waals surface area contributed by atoms with Gasteiger partial charge >= 0.3 is 6.03 Å². The second-order valence-corrected chi connectivity index (χ2v) is 4.82. The van der Waals surface area contributed by atoms with Crippen molar-refractivity contribution >= 4 is 11.9 Å². The number of primary amides is 1. The van der Waals surface area contributed by atoms with Gasteiger partial charge in [-0.1, -0.05) is 30.3 Å². The van der Waals surface area contributed by atoms with Crippen LogP contribution in [0.15, 0.2) is 30.3 Å². The lowest BCUT2D eigenvalue weighted by molar-refractivity contribution is -0.119. The highest BCUT2D eigenvalue weighted by molar-refractivity contribution is 5.78. The van der Waals surface area contributed by atoms with Crippen molar-refractivity contribution in [3.8, 4) is 0 Å². The molecular formula is C13H19N3O2. The molecule has 0 aliphatic carbocycles. The van der Waals surface area contributed by atoms with Crippen LogP contribution in [0.3, 0.4) is 0 Å². The van der Waals surface area contributed by atoms with Gasteiger partial charge in [0.1, 0.15) is 0 Å². The SMILES string of the molecule is CC(C)(CC(N)=O)NC(=O)NCc1ccccc1. The summed E-state index contributed by atoms with van der Waals surface area (Å²) in [5.41, 5.74) is 5.48. The topological polar surface area (TPSA) is 84.2 Å². The minimum atomic E-state index is -0.646. The number of hydrogen-bond donors (Lipinski definition) is 3. The van der Waals surface area contributed by atoms with Gasteiger partial charge in [0, 0.05) is 18.5 Å². The summed E-state index contributed by atoms with van der Waals surface area (Å²) >= 11 is 0. The van der Waals surface area contributed by atoms with Crippen LogP contribution in [0.5, 0.6) is 0 Å². The largest absolute Gasteiger partial charge is 0.370 e. The summed E-state index contributed by atoms with van der Waals surface area (Å²) in [6, 6.07) is 9.27. The molecule has 0 radical (unpaired) electrons. The van der Waals surface area contributed by atoms with Crippen LogP contribution < -0.4 is 16.4 Å². The quantitative estimate of drug-likeness (QED) is 0.731. The fraction of sp³-hybridized carbons (Fsp3) is 0.385. The maximum Gasteiger partial charge on any atom is 0.315 e. The number of rotatable bonds is 5. The van der Waals surface area contributed by atoms with Gasteiger partial charge in [0.25, 0.3) is 0 Å². The highest BCUT2D eigenvalue weighted by Crippen LogP contribution is 2.07. The fourth-order valence-electron chi connectivity index (χ4n) is 1.61. The second-order valence-electron chi connectivity index (χ2n) is 4.82. The monoisotopic (exact) mass is 249 g/mol. The van der Waals surface area contributed by atoms with Crippen molar-refractivity contribution in [2.24, 2.45) is 5.73 Å². The lowest BCUT2D eigenvalue weighted by Crippen LogP contribution is -2.49. The molecule has 1 rings (SSSR count). The molecule has 5 heteroatoms. The van der Waals surface area contributed by atoms with Crippen LogP contribution in [0, 0.1) is 0 Å². The second kappa shape index (κ2) is 6.05. The molecule has 5 nitrogen and oxygen atoms in total. The van der Waals surface area contributed by atoms with E-state index < -0.39 is 11.4 Å². The average Bonchev–Trinajstić information content (AvgIpc) is 2.25. The van der Waals surface area contributed by atoms with Crippen LogP contribution in [0.4, 0.5) is 4.79 Å². The van der Waals surface area contributed by atoms with Gasteiger partial charge in [0.15, 0.2) is 0 Å². The zero-order chi connectivity index (χ0) is 13.6. The van der Waals surface area contributed by atoms with Gasteiger partial charge in [-0.25, -0.2) is 4.79 Å². The van der Waals surface area contributed by atoms with Crippen molar-refractivity contribution in [1.82, 2.24) is 10.6 Å². The number of hydrogen-bond acceptors (Lipinski definition) is 2. The fourth-order valence-corrected chi connectivity index (χ4v) is 1.61. The van der Waals surface area contributed by atoms with E-state index >= 15 is 0 Å². The molecule has 0 saturated carbocycles. The molecule has 4 N–H and O–H groups in total. The van der Waals surface area contributed by atoms with Gasteiger partial charge in [-0.3, -0.25) is 4.79 Å². The van der Waals surface area contributed by atoms with Crippen LogP contribution in [0.25, 0.3) is 0 Å². The molecule has 1 aromatic carbocycles. The maximum absolute atomic E-state index is 11.6. The van der Waals surface area contributed by atoms with Crippen molar-refractivity contribution in [1.29, 1.82) is 0 Å². The van der Waals surface area contributed by atoms with Gasteiger partial charge in [-0.15, -0.1) is 0 Å². The van der Waals surface area contributed by atoms with E-state index in [-0.39, 0.29) is 12.5 Å². The first kappa shape index (κ1) is 14.0. The summed E-state index contributed by atoms with van der Waals surface area (Å²) in [5, 5.41) is 5.43. The number of carbonyl (C=O) groups excluding carboxylic acids is 2. The molecule has 1 aromatic rings. The van der Waals surface area contributed by atoms with E-state index in [0.717, 1.165) is 5.56 Å². The Morgan fingerprint density at radius 1 is 1.22 bits per heavy atom. The molecule has 0 heterocycles. The normalized spacial score (nSPS) is 10.8. The number of urea groups is 1. The lowest BCUT2D eigenvalue weighted by Gasteiger charge is -2.24. The number of nitrogens with two attached hydrogens (primary N) is 1. The zero-order valence-electron chi connectivity index (χ0n) is 10.7. The first-order chi connectivity index (χ1) is 8.39. The summed E-state index contributed by atoms with van der Waals surface area (Å²) in [7, 11) is 0. The number of carbonyl (C=O) groups is 2. The van der Waals surface area contributed by atoms with E-state index in [9.17, 15) is 9.59 Å². The molecule has 18 heavy (non-hydrogen) atoms. The molecule has 0 bridgehead atoms. The van der Waals surface area contributed by atoms with E-state index in [4.69, 9.17) is 5.73 Å². The molecule has 0 spiro atoms. The predicted octanol–water partition coefficient (Wildman–Crippen LogP) is 1.14. The van der Waals surface area contributed by atoms with Crippen molar-refractivity contribution in [2.75, 3.05) is 0 Å². The Morgan fingerprint density at radius 3 is 2.39 bits per heavy atom. The van der Waals surface area contributed by atoms with Crippen molar-refractivity contribution in [3.63, 3.8) is 0 Å². The first-order valence-corrected chi connectivity index (χ1v) is 5.77. The lowest BCUT2D eigenvalue weighted by atomic mass is 10.0. The third kappa shape index (κ3) is 5.34. The Morgan fingerprint density at radius 2 is 1.83 bits per heavy atom. The Balaban J connectivity index is 2.40. The average molecular weight is 249 g/mol. The highest BCUT2D eigenvalue weighted by Gasteiger charge is 2.22. The Labute approximate surface area is 107 Å². The Kier molecular flexibility index (Phi) is 4.71. The van der Waals surface area contributed by atoms with Gasteiger partial charge in [0.2, 0.25) is 5.91 Å². The maximum atomic E-state index is 11.6. The summed E-state index contributed by atoms with van der Waals surface area (Å²) < 4.78 is 0. The van der Waals surface area contributed by atoms with Crippen molar-refractivity contribution in [2.45, 2.75) is 32.4 Å². The molecule has 0 fully saturated rings. The minimum Gasteiger partial charge on any atom is -0.370 e. The molecule has 98 valence electrons. The van der Waals surface area contributed by atoms with E-state index in [1.165, 1.54) is 0 Å². The highest BCUT2D eigenvalue weighted by atomic mass is 16.2. The molecule has 0 unspecified atom stereocenters. The summed E-state index contributed by atoms with van der Waals surface area (Å²) in [6.45, 7) is 3.94. The third-order valence-electron chi connectivity index (χ3n) is 2.36. The van der Waals surface area contributed by atoms with Crippen LogP contribution in [-0.4, -0.2) is 17.5 Å². The van der Waals surface area contributed by atoms with Gasteiger partial charge < -0.3 is 16.4 Å². The molecule has 0 saturated heterocycles. The van der Waals surface area contributed by atoms with E-state index in [1.807, 2.05) is 30.3 Å². The minimum absolute atomic E-state index is 0.103. The third-order valence-corrected chi connectivity index (χ3v) is 2.36. The van der Waals surface area contributed by atoms with Crippen LogP contribution >= 0.6 is 0 Å². The molecular weight excluding hydrogens is 230 g/mol. The van der Waals surface area contributed by atoms with Crippen LogP contribution in [0.2, 0.25) is 0 Å². The Hall–Kier alpha value is -2.04.